The first-order valence-electron chi connectivity index (χ1n) is 5.92. The van der Waals surface area contributed by atoms with E-state index in [2.05, 4.69) is 0 Å². The molecule has 1 heterocycles. The summed E-state index contributed by atoms with van der Waals surface area (Å²) in [6.45, 7) is 2.29. The van der Waals surface area contributed by atoms with Crippen molar-refractivity contribution >= 4 is 5.91 Å². The summed E-state index contributed by atoms with van der Waals surface area (Å²) >= 11 is 0. The molecule has 2 rings (SSSR count). The number of halogens is 2. The predicted octanol–water partition coefficient (Wildman–Crippen LogP) is 1.95. The Bertz CT molecular complexity index is 470. The maximum absolute atomic E-state index is 13.4. The van der Waals surface area contributed by atoms with Crippen LogP contribution >= 0.6 is 0 Å². The van der Waals surface area contributed by atoms with Gasteiger partial charge in [-0.3, -0.25) is 4.79 Å². The van der Waals surface area contributed by atoms with Crippen LogP contribution in [-0.4, -0.2) is 34.6 Å². The second-order valence-electron chi connectivity index (χ2n) is 4.76. The summed E-state index contributed by atoms with van der Waals surface area (Å²) in [4.78, 5) is 13.2. The van der Waals surface area contributed by atoms with Gasteiger partial charge in [-0.15, -0.1) is 0 Å². The first-order valence-corrected chi connectivity index (χ1v) is 5.92. The van der Waals surface area contributed by atoms with E-state index < -0.39 is 23.1 Å². The standard InChI is InChI=1S/C13H15F2NO2/c1-2-5-13(18)7-16(8-13)12(17)10-6-9(14)3-4-11(10)15/h3-4,6,18H,2,5,7-8H2,1H3. The van der Waals surface area contributed by atoms with Gasteiger partial charge in [-0.1, -0.05) is 13.3 Å². The van der Waals surface area contributed by atoms with Gasteiger partial charge in [-0.2, -0.15) is 0 Å². The number of rotatable bonds is 3. The largest absolute Gasteiger partial charge is 0.386 e. The van der Waals surface area contributed by atoms with E-state index in [1.165, 1.54) is 4.90 Å². The van der Waals surface area contributed by atoms with Crippen molar-refractivity contribution < 1.29 is 18.7 Å². The van der Waals surface area contributed by atoms with E-state index in [-0.39, 0.29) is 18.7 Å². The maximum Gasteiger partial charge on any atom is 0.257 e. The van der Waals surface area contributed by atoms with E-state index >= 15 is 0 Å². The quantitative estimate of drug-likeness (QED) is 0.896. The van der Waals surface area contributed by atoms with Crippen LogP contribution in [0.3, 0.4) is 0 Å². The number of likely N-dealkylation sites (tertiary alicyclic amines) is 1. The lowest BCUT2D eigenvalue weighted by Gasteiger charge is -2.46. The smallest absolute Gasteiger partial charge is 0.257 e. The molecule has 1 amide bonds. The van der Waals surface area contributed by atoms with Gasteiger partial charge >= 0.3 is 0 Å². The average Bonchev–Trinajstić information content (AvgIpc) is 2.28. The van der Waals surface area contributed by atoms with Gasteiger partial charge in [0.05, 0.1) is 24.3 Å². The molecule has 1 aromatic rings. The molecule has 0 aliphatic carbocycles. The highest BCUT2D eigenvalue weighted by atomic mass is 19.1. The Hall–Kier alpha value is -1.49. The van der Waals surface area contributed by atoms with Gasteiger partial charge in [0.1, 0.15) is 11.6 Å². The van der Waals surface area contributed by atoms with Crippen LogP contribution in [0.2, 0.25) is 0 Å². The van der Waals surface area contributed by atoms with E-state index in [4.69, 9.17) is 0 Å². The highest BCUT2D eigenvalue weighted by Crippen LogP contribution is 2.27. The number of amides is 1. The molecule has 98 valence electrons. The molecule has 18 heavy (non-hydrogen) atoms. The summed E-state index contributed by atoms with van der Waals surface area (Å²) in [5.74, 6) is -1.97. The zero-order valence-electron chi connectivity index (χ0n) is 10.1. The van der Waals surface area contributed by atoms with E-state index in [1.54, 1.807) is 0 Å². The summed E-state index contributed by atoms with van der Waals surface area (Å²) in [6, 6.07) is 2.78. The molecule has 1 aliphatic rings. The number of nitrogens with zero attached hydrogens (tertiary/aromatic N) is 1. The molecule has 0 spiro atoms. The molecule has 1 fully saturated rings. The van der Waals surface area contributed by atoms with Gasteiger partial charge in [0.15, 0.2) is 0 Å². The van der Waals surface area contributed by atoms with Gasteiger partial charge in [0.2, 0.25) is 0 Å². The molecule has 0 atom stereocenters. The van der Waals surface area contributed by atoms with Crippen molar-refractivity contribution in [3.05, 3.63) is 35.4 Å². The SMILES string of the molecule is CCCC1(O)CN(C(=O)c2cc(F)ccc2F)C1. The van der Waals surface area contributed by atoms with Crippen molar-refractivity contribution in [1.82, 2.24) is 4.90 Å². The minimum atomic E-state index is -0.867. The average molecular weight is 255 g/mol. The molecule has 0 saturated carbocycles. The van der Waals surface area contributed by atoms with Gasteiger partial charge in [0.25, 0.3) is 5.91 Å². The summed E-state index contributed by atoms with van der Waals surface area (Å²) in [5.41, 5.74) is -1.15. The first-order chi connectivity index (χ1) is 8.45. The zero-order valence-corrected chi connectivity index (χ0v) is 10.1. The Kier molecular flexibility index (Phi) is 3.34. The van der Waals surface area contributed by atoms with E-state index in [1.807, 2.05) is 6.92 Å². The molecule has 1 aliphatic heterocycles. The fraction of sp³-hybridized carbons (Fsp3) is 0.462. The van der Waals surface area contributed by atoms with Crippen LogP contribution in [0.5, 0.6) is 0 Å². The third kappa shape index (κ3) is 2.36. The Labute approximate surface area is 104 Å². The number of β-amino-alcohol motifs (C(OH)–C–C–N with tert-alkyl or cyclic N) is 1. The number of aliphatic hydroxyl groups is 1. The third-order valence-electron chi connectivity index (χ3n) is 3.13. The van der Waals surface area contributed by atoms with Crippen LogP contribution < -0.4 is 0 Å². The van der Waals surface area contributed by atoms with Gasteiger partial charge in [-0.05, 0) is 24.6 Å². The topological polar surface area (TPSA) is 40.5 Å². The fourth-order valence-corrected chi connectivity index (χ4v) is 2.26. The predicted molar refractivity (Wildman–Crippen MR) is 62.1 cm³/mol. The highest BCUT2D eigenvalue weighted by molar-refractivity contribution is 5.95. The third-order valence-corrected chi connectivity index (χ3v) is 3.13. The van der Waals surface area contributed by atoms with E-state index in [0.29, 0.717) is 6.42 Å². The Morgan fingerprint density at radius 1 is 1.44 bits per heavy atom. The lowest BCUT2D eigenvalue weighted by Crippen LogP contribution is -2.63. The second kappa shape index (κ2) is 4.65. The van der Waals surface area contributed by atoms with Crippen LogP contribution in [0.4, 0.5) is 8.78 Å². The zero-order chi connectivity index (χ0) is 13.3. The monoisotopic (exact) mass is 255 g/mol. The van der Waals surface area contributed by atoms with Crippen molar-refractivity contribution in [2.75, 3.05) is 13.1 Å². The minimum Gasteiger partial charge on any atom is -0.386 e. The first kappa shape index (κ1) is 13.0. The summed E-state index contributed by atoms with van der Waals surface area (Å²) < 4.78 is 26.4. The Morgan fingerprint density at radius 2 is 2.11 bits per heavy atom. The van der Waals surface area contributed by atoms with Gasteiger partial charge < -0.3 is 10.0 Å². The normalized spacial score (nSPS) is 17.4. The van der Waals surface area contributed by atoms with E-state index in [9.17, 15) is 18.7 Å². The number of carbonyl (C=O) groups excluding carboxylic acids is 1. The molecule has 0 aromatic heterocycles. The molecule has 5 heteroatoms. The molecule has 1 saturated heterocycles. The lowest BCUT2D eigenvalue weighted by molar-refractivity contribution is -0.0861. The molecule has 1 aromatic carbocycles. The molecule has 1 N–H and O–H groups in total. The van der Waals surface area contributed by atoms with E-state index in [0.717, 1.165) is 24.6 Å². The summed E-state index contributed by atoms with van der Waals surface area (Å²) in [5, 5.41) is 9.94. The second-order valence-corrected chi connectivity index (χ2v) is 4.76. The van der Waals surface area contributed by atoms with Gasteiger partial charge in [-0.25, -0.2) is 8.78 Å². The molecular weight excluding hydrogens is 240 g/mol. The van der Waals surface area contributed by atoms with Crippen LogP contribution in [0, 0.1) is 11.6 Å². The van der Waals surface area contributed by atoms with Crippen LogP contribution in [-0.2, 0) is 0 Å². The number of carbonyl (C=O) groups is 1. The molecular formula is C13H15F2NO2. The van der Waals surface area contributed by atoms with Crippen LogP contribution in [0.1, 0.15) is 30.1 Å². The molecule has 3 nitrogen and oxygen atoms in total. The summed E-state index contributed by atoms with van der Waals surface area (Å²) in [7, 11) is 0. The van der Waals surface area contributed by atoms with Crippen LogP contribution in [0.25, 0.3) is 0 Å². The van der Waals surface area contributed by atoms with Crippen molar-refractivity contribution in [2.45, 2.75) is 25.4 Å². The Morgan fingerprint density at radius 3 is 2.72 bits per heavy atom. The molecule has 0 bridgehead atoms. The van der Waals surface area contributed by atoms with Crippen LogP contribution in [0.15, 0.2) is 18.2 Å². The van der Waals surface area contributed by atoms with Gasteiger partial charge in [0, 0.05) is 0 Å². The fourth-order valence-electron chi connectivity index (χ4n) is 2.26. The van der Waals surface area contributed by atoms with Crippen molar-refractivity contribution in [1.29, 1.82) is 0 Å². The Balaban J connectivity index is 2.08. The molecule has 0 radical (unpaired) electrons. The number of hydrogen-bond acceptors (Lipinski definition) is 2. The maximum atomic E-state index is 13.4. The van der Waals surface area contributed by atoms with Crippen molar-refractivity contribution in [3.8, 4) is 0 Å². The molecule has 0 unspecified atom stereocenters. The van der Waals surface area contributed by atoms with Crippen molar-refractivity contribution in [2.24, 2.45) is 0 Å². The summed E-state index contributed by atoms with van der Waals surface area (Å²) in [6.07, 6.45) is 1.41. The lowest BCUT2D eigenvalue weighted by atomic mass is 9.88. The number of hydrogen-bond donors (Lipinski definition) is 1. The number of benzene rings is 1. The van der Waals surface area contributed by atoms with Crippen molar-refractivity contribution in [3.63, 3.8) is 0 Å². The highest BCUT2D eigenvalue weighted by Gasteiger charge is 2.43. The minimum absolute atomic E-state index is 0.176.